The number of rotatable bonds is 7. The van der Waals surface area contributed by atoms with Gasteiger partial charge in [0.25, 0.3) is 0 Å². The lowest BCUT2D eigenvalue weighted by Crippen LogP contribution is -2.40. The molecule has 1 atom stereocenters. The molecule has 0 aliphatic rings. The average molecular weight is 384 g/mol. The molecular formula is C17H22ClN3OS2. The van der Waals surface area contributed by atoms with Crippen LogP contribution in [0.4, 0.5) is 0 Å². The highest BCUT2D eigenvalue weighted by atomic mass is 35.5. The summed E-state index contributed by atoms with van der Waals surface area (Å²) in [7, 11) is 2.84. The Morgan fingerprint density at radius 2 is 2.04 bits per heavy atom. The van der Waals surface area contributed by atoms with Crippen LogP contribution in [0.2, 0.25) is 4.34 Å². The van der Waals surface area contributed by atoms with Crippen molar-refractivity contribution in [3.63, 3.8) is 0 Å². The lowest BCUT2D eigenvalue weighted by Gasteiger charge is -2.21. The Hall–Kier alpha value is -1.37. The summed E-state index contributed by atoms with van der Waals surface area (Å²) in [5, 5.41) is 3.27. The van der Waals surface area contributed by atoms with Gasteiger partial charge in [-0.1, -0.05) is 41.9 Å². The molecule has 0 fully saturated rings. The zero-order chi connectivity index (χ0) is 17.4. The summed E-state index contributed by atoms with van der Waals surface area (Å²) in [4.78, 5) is 7.48. The summed E-state index contributed by atoms with van der Waals surface area (Å²) in [6.07, 6.45) is 0. The molecule has 0 amide bonds. The second-order valence-corrected chi connectivity index (χ2v) is 8.69. The van der Waals surface area contributed by atoms with E-state index in [1.807, 2.05) is 54.4 Å². The summed E-state index contributed by atoms with van der Waals surface area (Å²) in [5.41, 5.74) is 1.10. The summed E-state index contributed by atoms with van der Waals surface area (Å²) in [5.74, 6) is 1.97. The van der Waals surface area contributed by atoms with Crippen LogP contribution < -0.4 is 5.32 Å². The van der Waals surface area contributed by atoms with Crippen molar-refractivity contribution in [2.75, 3.05) is 26.4 Å². The van der Waals surface area contributed by atoms with Gasteiger partial charge < -0.3 is 10.2 Å². The first kappa shape index (κ1) is 19.0. The Morgan fingerprint density at radius 1 is 1.29 bits per heavy atom. The number of nitrogens with one attached hydrogen (secondary N) is 1. The maximum atomic E-state index is 12.2. The highest BCUT2D eigenvalue weighted by Crippen LogP contribution is 2.22. The molecule has 7 heteroatoms. The van der Waals surface area contributed by atoms with E-state index in [-0.39, 0.29) is 0 Å². The zero-order valence-electron chi connectivity index (χ0n) is 13.9. The van der Waals surface area contributed by atoms with Gasteiger partial charge in [-0.3, -0.25) is 9.20 Å². The van der Waals surface area contributed by atoms with Crippen LogP contribution in [0.25, 0.3) is 0 Å². The van der Waals surface area contributed by atoms with E-state index in [2.05, 4.69) is 10.3 Å². The predicted octanol–water partition coefficient (Wildman–Crippen LogP) is 3.36. The third-order valence-corrected chi connectivity index (χ3v) is 5.91. The Kier molecular flexibility index (Phi) is 7.75. The lowest BCUT2D eigenvalue weighted by atomic mass is 10.2. The maximum Gasteiger partial charge on any atom is 0.193 e. The van der Waals surface area contributed by atoms with Crippen molar-refractivity contribution < 1.29 is 4.21 Å². The Labute approximate surface area is 155 Å². The zero-order valence-corrected chi connectivity index (χ0v) is 16.3. The van der Waals surface area contributed by atoms with Gasteiger partial charge in [0.1, 0.15) is 0 Å². The highest BCUT2D eigenvalue weighted by molar-refractivity contribution is 7.84. The quantitative estimate of drug-likeness (QED) is 0.589. The maximum absolute atomic E-state index is 12.2. The van der Waals surface area contributed by atoms with Crippen LogP contribution in [0.1, 0.15) is 10.4 Å². The largest absolute Gasteiger partial charge is 0.355 e. The SMILES string of the molecule is CN=C(NCCS(=O)Cc1ccccc1)N(C)Cc1ccc(Cl)s1. The molecule has 24 heavy (non-hydrogen) atoms. The molecule has 1 aromatic carbocycles. The van der Waals surface area contributed by atoms with Crippen LogP contribution in [0, 0.1) is 0 Å². The van der Waals surface area contributed by atoms with Gasteiger partial charge in [0.05, 0.1) is 10.9 Å². The minimum absolute atomic E-state index is 0.588. The Balaban J connectivity index is 1.75. The molecule has 2 rings (SSSR count). The van der Waals surface area contributed by atoms with E-state index in [0.29, 0.717) is 18.1 Å². The van der Waals surface area contributed by atoms with E-state index in [1.54, 1.807) is 18.4 Å². The average Bonchev–Trinajstić information content (AvgIpc) is 2.97. The molecule has 1 N–H and O–H groups in total. The second-order valence-electron chi connectivity index (χ2n) is 5.31. The van der Waals surface area contributed by atoms with Gasteiger partial charge in [0, 0.05) is 47.8 Å². The van der Waals surface area contributed by atoms with Gasteiger partial charge >= 0.3 is 0 Å². The van der Waals surface area contributed by atoms with E-state index < -0.39 is 10.8 Å². The summed E-state index contributed by atoms with van der Waals surface area (Å²) in [6, 6.07) is 13.8. The van der Waals surface area contributed by atoms with Crippen molar-refractivity contribution >= 4 is 39.7 Å². The highest BCUT2D eigenvalue weighted by Gasteiger charge is 2.09. The molecule has 4 nitrogen and oxygen atoms in total. The predicted molar refractivity (Wildman–Crippen MR) is 105 cm³/mol. The molecule has 1 heterocycles. The first-order valence-corrected chi connectivity index (χ1v) is 10.3. The number of nitrogens with zero attached hydrogens (tertiary/aromatic N) is 2. The fraction of sp³-hybridized carbons (Fsp3) is 0.353. The molecule has 0 spiro atoms. The monoisotopic (exact) mass is 383 g/mol. The van der Waals surface area contributed by atoms with Crippen molar-refractivity contribution in [3.8, 4) is 0 Å². The topological polar surface area (TPSA) is 44.7 Å². The van der Waals surface area contributed by atoms with Gasteiger partial charge in [0.2, 0.25) is 0 Å². The van der Waals surface area contributed by atoms with E-state index >= 15 is 0 Å². The minimum Gasteiger partial charge on any atom is -0.355 e. The van der Waals surface area contributed by atoms with E-state index in [0.717, 1.165) is 22.4 Å². The van der Waals surface area contributed by atoms with Crippen LogP contribution in [0.5, 0.6) is 0 Å². The van der Waals surface area contributed by atoms with Gasteiger partial charge in [-0.15, -0.1) is 11.3 Å². The van der Waals surface area contributed by atoms with Gasteiger partial charge in [-0.2, -0.15) is 0 Å². The molecule has 2 aromatic rings. The van der Waals surface area contributed by atoms with Crippen LogP contribution in [0.3, 0.4) is 0 Å². The van der Waals surface area contributed by atoms with Crippen LogP contribution in [0.15, 0.2) is 47.5 Å². The fourth-order valence-electron chi connectivity index (χ4n) is 2.24. The summed E-state index contributed by atoms with van der Waals surface area (Å²) >= 11 is 7.53. The van der Waals surface area contributed by atoms with E-state index in [4.69, 9.17) is 11.6 Å². The molecular weight excluding hydrogens is 362 g/mol. The molecule has 130 valence electrons. The number of aliphatic imine (C=N–C) groups is 1. The first-order valence-electron chi connectivity index (χ1n) is 7.63. The standard InChI is InChI=1S/C17H22ClN3OS2/c1-19-17(21(2)12-15-8-9-16(18)23-15)20-10-11-24(22)13-14-6-4-3-5-7-14/h3-9H,10-13H2,1-2H3,(H,19,20). The third kappa shape index (κ3) is 6.26. The van der Waals surface area contributed by atoms with E-state index in [1.165, 1.54) is 4.88 Å². The number of guanidine groups is 1. The van der Waals surface area contributed by atoms with Gasteiger partial charge in [-0.25, -0.2) is 0 Å². The molecule has 0 radical (unpaired) electrons. The number of halogens is 1. The smallest absolute Gasteiger partial charge is 0.193 e. The van der Waals surface area contributed by atoms with Crippen molar-refractivity contribution in [2.24, 2.45) is 4.99 Å². The summed E-state index contributed by atoms with van der Waals surface area (Å²) < 4.78 is 12.9. The van der Waals surface area contributed by atoms with Crippen LogP contribution in [-0.2, 0) is 23.1 Å². The van der Waals surface area contributed by atoms with E-state index in [9.17, 15) is 4.21 Å². The number of hydrogen-bond acceptors (Lipinski definition) is 3. The van der Waals surface area contributed by atoms with Crippen molar-refractivity contribution in [3.05, 3.63) is 57.2 Å². The molecule has 0 saturated carbocycles. The molecule has 0 bridgehead atoms. The van der Waals surface area contributed by atoms with Crippen molar-refractivity contribution in [1.29, 1.82) is 0 Å². The molecule has 0 aliphatic carbocycles. The minimum atomic E-state index is -0.889. The molecule has 1 unspecified atom stereocenters. The third-order valence-electron chi connectivity index (χ3n) is 3.38. The van der Waals surface area contributed by atoms with Crippen LogP contribution >= 0.6 is 22.9 Å². The Bertz CT molecular complexity index is 688. The number of hydrogen-bond donors (Lipinski definition) is 1. The van der Waals surface area contributed by atoms with Crippen LogP contribution in [-0.4, -0.2) is 41.5 Å². The second kappa shape index (κ2) is 9.81. The molecule has 1 aromatic heterocycles. The lowest BCUT2D eigenvalue weighted by molar-refractivity contribution is 0.484. The van der Waals surface area contributed by atoms with Crippen molar-refractivity contribution in [2.45, 2.75) is 12.3 Å². The first-order chi connectivity index (χ1) is 11.6. The molecule has 0 aliphatic heterocycles. The normalized spacial score (nSPS) is 12.9. The number of benzene rings is 1. The van der Waals surface area contributed by atoms with Gasteiger partial charge in [0.15, 0.2) is 5.96 Å². The number of thiophene rings is 1. The summed E-state index contributed by atoms with van der Waals surface area (Å²) in [6.45, 7) is 1.37. The Morgan fingerprint density at radius 3 is 2.67 bits per heavy atom. The fourth-order valence-corrected chi connectivity index (χ4v) is 4.42. The van der Waals surface area contributed by atoms with Gasteiger partial charge in [-0.05, 0) is 17.7 Å². The molecule has 0 saturated heterocycles. The van der Waals surface area contributed by atoms with Crippen molar-refractivity contribution in [1.82, 2.24) is 10.2 Å².